The zero-order chi connectivity index (χ0) is 13.1. The fourth-order valence-corrected chi connectivity index (χ4v) is 2.52. The van der Waals surface area contributed by atoms with Crippen LogP contribution in [0.25, 0.3) is 11.0 Å². The van der Waals surface area contributed by atoms with Crippen molar-refractivity contribution in [2.24, 2.45) is 0 Å². The lowest BCUT2D eigenvalue weighted by Gasteiger charge is -2.05. The molecule has 0 radical (unpaired) electrons. The topological polar surface area (TPSA) is 54.9 Å². The lowest BCUT2D eigenvalue weighted by molar-refractivity contribution is -0.115. The number of fused-ring (bicyclic) bond motifs is 1. The third-order valence-corrected chi connectivity index (χ3v) is 3.54. The van der Waals surface area contributed by atoms with Crippen LogP contribution in [0, 0.1) is 0 Å². The average Bonchev–Trinajstić information content (AvgIpc) is 2.91. The van der Waals surface area contributed by atoms with Gasteiger partial charge in [0.25, 0.3) is 0 Å². The fourth-order valence-electron chi connectivity index (χ4n) is 1.82. The Kier molecular flexibility index (Phi) is 3.20. The van der Waals surface area contributed by atoms with Crippen LogP contribution in [0.3, 0.4) is 0 Å². The van der Waals surface area contributed by atoms with Crippen molar-refractivity contribution in [3.8, 4) is 0 Å². The summed E-state index contributed by atoms with van der Waals surface area (Å²) in [6.07, 6.45) is 3.69. The van der Waals surface area contributed by atoms with Gasteiger partial charge in [0, 0.05) is 23.0 Å². The summed E-state index contributed by atoms with van der Waals surface area (Å²) in [4.78, 5) is 21.3. The molecule has 3 aromatic rings. The van der Waals surface area contributed by atoms with E-state index in [2.05, 4.69) is 15.3 Å². The average molecular weight is 269 g/mol. The van der Waals surface area contributed by atoms with Crippen LogP contribution < -0.4 is 5.32 Å². The largest absolute Gasteiger partial charge is 0.326 e. The smallest absolute Gasteiger partial charge is 0.229 e. The van der Waals surface area contributed by atoms with E-state index in [-0.39, 0.29) is 5.91 Å². The van der Waals surface area contributed by atoms with Crippen LogP contribution in [0.2, 0.25) is 0 Å². The molecule has 1 aromatic carbocycles. The van der Waals surface area contributed by atoms with E-state index in [0.29, 0.717) is 6.42 Å². The molecule has 4 nitrogen and oxygen atoms in total. The Bertz CT molecular complexity index is 710. The summed E-state index contributed by atoms with van der Waals surface area (Å²) in [5.41, 5.74) is 2.34. The molecule has 1 amide bonds. The van der Waals surface area contributed by atoms with E-state index in [4.69, 9.17) is 0 Å². The molecule has 0 spiro atoms. The fraction of sp³-hybridized carbons (Fsp3) is 0.0714. The van der Waals surface area contributed by atoms with Gasteiger partial charge in [-0.3, -0.25) is 14.8 Å². The zero-order valence-corrected chi connectivity index (χ0v) is 10.9. The van der Waals surface area contributed by atoms with Gasteiger partial charge in [0.2, 0.25) is 5.91 Å². The van der Waals surface area contributed by atoms with Crippen molar-refractivity contribution in [1.29, 1.82) is 0 Å². The van der Waals surface area contributed by atoms with Gasteiger partial charge in [0.15, 0.2) is 0 Å². The molecule has 0 fully saturated rings. The Morgan fingerprint density at radius 3 is 2.79 bits per heavy atom. The van der Waals surface area contributed by atoms with Gasteiger partial charge < -0.3 is 5.32 Å². The van der Waals surface area contributed by atoms with Crippen LogP contribution in [-0.2, 0) is 11.2 Å². The second-order valence-corrected chi connectivity index (χ2v) is 5.10. The Hall–Kier alpha value is -2.27. The number of nitrogens with zero attached hydrogens (tertiary/aromatic N) is 2. The minimum Gasteiger partial charge on any atom is -0.326 e. The zero-order valence-electron chi connectivity index (χ0n) is 10.0. The van der Waals surface area contributed by atoms with Gasteiger partial charge in [0.05, 0.1) is 17.5 Å². The van der Waals surface area contributed by atoms with Crippen molar-refractivity contribution in [1.82, 2.24) is 9.97 Å². The number of thiophene rings is 1. The van der Waals surface area contributed by atoms with E-state index in [9.17, 15) is 4.79 Å². The minimum atomic E-state index is -0.0225. The number of amides is 1. The summed E-state index contributed by atoms with van der Waals surface area (Å²) < 4.78 is 0. The molecular formula is C14H11N3OS. The summed E-state index contributed by atoms with van der Waals surface area (Å²) in [6, 6.07) is 9.41. The van der Waals surface area contributed by atoms with Gasteiger partial charge in [-0.15, -0.1) is 11.3 Å². The number of nitrogens with one attached hydrogen (secondary N) is 1. The molecule has 3 rings (SSSR count). The van der Waals surface area contributed by atoms with Gasteiger partial charge >= 0.3 is 0 Å². The van der Waals surface area contributed by atoms with Crippen LogP contribution in [0.15, 0.2) is 48.1 Å². The van der Waals surface area contributed by atoms with Crippen LogP contribution in [0.5, 0.6) is 0 Å². The maximum absolute atomic E-state index is 11.9. The van der Waals surface area contributed by atoms with E-state index in [1.165, 1.54) is 0 Å². The number of rotatable bonds is 3. The van der Waals surface area contributed by atoms with Gasteiger partial charge in [0.1, 0.15) is 0 Å². The molecule has 0 aliphatic carbocycles. The summed E-state index contributed by atoms with van der Waals surface area (Å²) >= 11 is 1.58. The Labute approximate surface area is 114 Å². The van der Waals surface area contributed by atoms with Gasteiger partial charge in [-0.05, 0) is 29.6 Å². The summed E-state index contributed by atoms with van der Waals surface area (Å²) in [6.45, 7) is 0. The number of carbonyl (C=O) groups excluding carboxylic acids is 1. The third kappa shape index (κ3) is 2.77. The molecule has 94 valence electrons. The molecule has 0 aliphatic rings. The number of hydrogen-bond donors (Lipinski definition) is 1. The van der Waals surface area contributed by atoms with Gasteiger partial charge in [-0.1, -0.05) is 6.07 Å². The first-order valence-electron chi connectivity index (χ1n) is 5.84. The standard InChI is InChI=1S/C14H11N3OS/c18-14(9-11-2-1-7-19-11)17-10-3-4-12-13(8-10)16-6-5-15-12/h1-8H,9H2,(H,17,18). The van der Waals surface area contributed by atoms with Crippen LogP contribution in [0.1, 0.15) is 4.88 Å². The van der Waals surface area contributed by atoms with Crippen molar-refractivity contribution in [2.75, 3.05) is 5.32 Å². The highest BCUT2D eigenvalue weighted by atomic mass is 32.1. The second kappa shape index (κ2) is 5.16. The number of benzene rings is 1. The number of aromatic nitrogens is 2. The minimum absolute atomic E-state index is 0.0225. The van der Waals surface area contributed by atoms with Crippen molar-refractivity contribution < 1.29 is 4.79 Å². The summed E-state index contributed by atoms with van der Waals surface area (Å²) in [5.74, 6) is -0.0225. The molecule has 2 aromatic heterocycles. The molecule has 0 bridgehead atoms. The SMILES string of the molecule is O=C(Cc1cccs1)Nc1ccc2nccnc2c1. The molecule has 2 heterocycles. The highest BCUT2D eigenvalue weighted by Gasteiger charge is 2.05. The van der Waals surface area contributed by atoms with E-state index >= 15 is 0 Å². The first-order chi connectivity index (χ1) is 9.31. The van der Waals surface area contributed by atoms with Crippen molar-refractivity contribution >= 4 is 34.0 Å². The predicted octanol–water partition coefficient (Wildman–Crippen LogP) is 2.87. The van der Waals surface area contributed by atoms with Gasteiger partial charge in [-0.2, -0.15) is 0 Å². The van der Waals surface area contributed by atoms with Gasteiger partial charge in [-0.25, -0.2) is 0 Å². The normalized spacial score (nSPS) is 10.5. The molecule has 5 heteroatoms. The van der Waals surface area contributed by atoms with Crippen LogP contribution >= 0.6 is 11.3 Å². The monoisotopic (exact) mass is 269 g/mol. The lowest BCUT2D eigenvalue weighted by Crippen LogP contribution is -2.13. The molecule has 0 saturated heterocycles. The first kappa shape index (κ1) is 11.8. The van der Waals surface area contributed by atoms with Crippen LogP contribution in [-0.4, -0.2) is 15.9 Å². The Morgan fingerprint density at radius 1 is 1.16 bits per heavy atom. The van der Waals surface area contributed by atoms with Crippen LogP contribution in [0.4, 0.5) is 5.69 Å². The Morgan fingerprint density at radius 2 is 2.00 bits per heavy atom. The van der Waals surface area contributed by atoms with Crippen molar-refractivity contribution in [3.05, 3.63) is 53.0 Å². The molecule has 19 heavy (non-hydrogen) atoms. The molecule has 1 N–H and O–H groups in total. The molecule has 0 atom stereocenters. The number of carbonyl (C=O) groups is 1. The summed E-state index contributed by atoms with van der Waals surface area (Å²) in [7, 11) is 0. The third-order valence-electron chi connectivity index (χ3n) is 2.67. The quantitative estimate of drug-likeness (QED) is 0.795. The van der Waals surface area contributed by atoms with Crippen molar-refractivity contribution in [2.45, 2.75) is 6.42 Å². The highest BCUT2D eigenvalue weighted by Crippen LogP contribution is 2.16. The number of anilines is 1. The van der Waals surface area contributed by atoms with E-state index < -0.39 is 0 Å². The van der Waals surface area contributed by atoms with Crippen molar-refractivity contribution in [3.63, 3.8) is 0 Å². The molecule has 0 aliphatic heterocycles. The first-order valence-corrected chi connectivity index (χ1v) is 6.72. The lowest BCUT2D eigenvalue weighted by atomic mass is 10.2. The Balaban J connectivity index is 1.75. The summed E-state index contributed by atoms with van der Waals surface area (Å²) in [5, 5.41) is 4.84. The maximum Gasteiger partial charge on any atom is 0.229 e. The van der Waals surface area contributed by atoms with E-state index in [0.717, 1.165) is 21.6 Å². The number of hydrogen-bond acceptors (Lipinski definition) is 4. The van der Waals surface area contributed by atoms with E-state index in [1.807, 2.05) is 35.7 Å². The molecule has 0 saturated carbocycles. The predicted molar refractivity (Wildman–Crippen MR) is 76.2 cm³/mol. The molecular weight excluding hydrogens is 258 g/mol. The second-order valence-electron chi connectivity index (χ2n) is 4.06. The highest BCUT2D eigenvalue weighted by molar-refractivity contribution is 7.10. The maximum atomic E-state index is 11.9. The molecule has 0 unspecified atom stereocenters. The van der Waals surface area contributed by atoms with E-state index in [1.54, 1.807) is 23.7 Å².